The van der Waals surface area contributed by atoms with Gasteiger partial charge in [0.05, 0.1) is 6.61 Å². The monoisotopic (exact) mass is 248 g/mol. The molecule has 1 heterocycles. The molecule has 1 aromatic carbocycles. The molecule has 5 heteroatoms. The highest BCUT2D eigenvalue weighted by Crippen LogP contribution is 2.24. The smallest absolute Gasteiger partial charge is 0.325 e. The molecule has 0 fully saturated rings. The van der Waals surface area contributed by atoms with Crippen LogP contribution in [-0.4, -0.2) is 36.3 Å². The molecule has 3 N–H and O–H groups in total. The Morgan fingerprint density at radius 2 is 2.28 bits per heavy atom. The second-order valence-electron chi connectivity index (χ2n) is 4.01. The summed E-state index contributed by atoms with van der Waals surface area (Å²) in [5, 5.41) is 13.2. The quantitative estimate of drug-likeness (QED) is 0.678. The minimum atomic E-state index is -0.893. The minimum Gasteiger partial charge on any atom is -0.480 e. The molecule has 96 valence electrons. The number of hydrogen-bond donors (Lipinski definition) is 3. The number of para-hydroxylation sites is 1. The average Bonchev–Trinajstić information content (AvgIpc) is 2.78. The number of fused-ring (bicyclic) bond motifs is 1. The average molecular weight is 248 g/mol. The number of carbonyl (C=O) groups is 1. The number of ether oxygens (including phenoxy) is 1. The van der Waals surface area contributed by atoms with Crippen molar-refractivity contribution in [2.75, 3.05) is 20.3 Å². The lowest BCUT2D eigenvalue weighted by Crippen LogP contribution is -2.30. The summed E-state index contributed by atoms with van der Waals surface area (Å²) in [7, 11) is 1.59. The summed E-state index contributed by atoms with van der Waals surface area (Å²) in [6.45, 7) is 0.971. The Balaban J connectivity index is 2.27. The van der Waals surface area contributed by atoms with Crippen LogP contribution in [-0.2, 0) is 9.53 Å². The Kier molecular flexibility index (Phi) is 3.96. The zero-order chi connectivity index (χ0) is 13.0. The molecular weight excluding hydrogens is 232 g/mol. The van der Waals surface area contributed by atoms with Crippen molar-refractivity contribution in [2.24, 2.45) is 0 Å². The van der Waals surface area contributed by atoms with Crippen LogP contribution in [0.4, 0.5) is 0 Å². The molecule has 0 aliphatic carbocycles. The molecule has 0 spiro atoms. The van der Waals surface area contributed by atoms with E-state index in [-0.39, 0.29) is 0 Å². The van der Waals surface area contributed by atoms with E-state index in [1.54, 1.807) is 13.3 Å². The zero-order valence-corrected chi connectivity index (χ0v) is 10.1. The van der Waals surface area contributed by atoms with Crippen LogP contribution in [0.2, 0.25) is 0 Å². The fourth-order valence-electron chi connectivity index (χ4n) is 1.97. The number of nitrogens with one attached hydrogen (secondary N) is 2. The highest BCUT2D eigenvalue weighted by Gasteiger charge is 2.21. The van der Waals surface area contributed by atoms with E-state index >= 15 is 0 Å². The van der Waals surface area contributed by atoms with E-state index in [1.165, 1.54) is 0 Å². The first-order valence-corrected chi connectivity index (χ1v) is 5.75. The van der Waals surface area contributed by atoms with Gasteiger partial charge < -0.3 is 14.8 Å². The van der Waals surface area contributed by atoms with E-state index in [0.717, 1.165) is 16.5 Å². The fourth-order valence-corrected chi connectivity index (χ4v) is 1.97. The standard InChI is InChI=1S/C13H16N2O3/c1-18-7-6-14-12(13(16)17)10-8-15-11-5-3-2-4-9(10)11/h2-5,8,12,14-15H,6-7H2,1H3,(H,16,17). The van der Waals surface area contributed by atoms with Crippen molar-refractivity contribution in [3.63, 3.8) is 0 Å². The largest absolute Gasteiger partial charge is 0.480 e. The summed E-state index contributed by atoms with van der Waals surface area (Å²) in [6.07, 6.45) is 1.74. The molecule has 0 saturated heterocycles. The van der Waals surface area contributed by atoms with Crippen LogP contribution in [0.25, 0.3) is 10.9 Å². The van der Waals surface area contributed by atoms with Gasteiger partial charge in [0.25, 0.3) is 0 Å². The Labute approximate surface area is 105 Å². The summed E-state index contributed by atoms with van der Waals surface area (Å²) in [6, 6.07) is 6.92. The van der Waals surface area contributed by atoms with Gasteiger partial charge in [0.1, 0.15) is 6.04 Å². The van der Waals surface area contributed by atoms with Gasteiger partial charge in [0, 0.05) is 36.3 Å². The van der Waals surface area contributed by atoms with Gasteiger partial charge in [-0.05, 0) is 6.07 Å². The van der Waals surface area contributed by atoms with Gasteiger partial charge >= 0.3 is 5.97 Å². The van der Waals surface area contributed by atoms with Gasteiger partial charge in [0.2, 0.25) is 0 Å². The van der Waals surface area contributed by atoms with Gasteiger partial charge in [-0.2, -0.15) is 0 Å². The molecule has 5 nitrogen and oxygen atoms in total. The van der Waals surface area contributed by atoms with Crippen LogP contribution in [0.15, 0.2) is 30.5 Å². The van der Waals surface area contributed by atoms with Crippen LogP contribution < -0.4 is 5.32 Å². The topological polar surface area (TPSA) is 74.3 Å². The number of aromatic amines is 1. The van der Waals surface area contributed by atoms with E-state index < -0.39 is 12.0 Å². The van der Waals surface area contributed by atoms with Crippen molar-refractivity contribution >= 4 is 16.9 Å². The van der Waals surface area contributed by atoms with E-state index in [1.807, 2.05) is 24.3 Å². The summed E-state index contributed by atoms with van der Waals surface area (Å²) in [5.74, 6) is -0.893. The molecular formula is C13H16N2O3. The minimum absolute atomic E-state index is 0.478. The highest BCUT2D eigenvalue weighted by molar-refractivity contribution is 5.89. The number of carboxylic acids is 1. The molecule has 0 aliphatic heterocycles. The third kappa shape index (κ3) is 2.52. The number of aliphatic carboxylic acids is 1. The number of aromatic nitrogens is 1. The lowest BCUT2D eigenvalue weighted by atomic mass is 10.1. The van der Waals surface area contributed by atoms with Crippen LogP contribution in [0.5, 0.6) is 0 Å². The molecule has 0 bridgehead atoms. The number of benzene rings is 1. The highest BCUT2D eigenvalue weighted by atomic mass is 16.5. The molecule has 1 atom stereocenters. The van der Waals surface area contributed by atoms with Gasteiger partial charge in [-0.1, -0.05) is 18.2 Å². The molecule has 0 saturated carbocycles. The van der Waals surface area contributed by atoms with Gasteiger partial charge in [0.15, 0.2) is 0 Å². The first-order valence-electron chi connectivity index (χ1n) is 5.75. The fraction of sp³-hybridized carbons (Fsp3) is 0.308. The predicted octanol–water partition coefficient (Wildman–Crippen LogP) is 1.53. The normalized spacial score (nSPS) is 12.7. The Bertz CT molecular complexity index is 536. The zero-order valence-electron chi connectivity index (χ0n) is 10.1. The molecule has 2 aromatic rings. The Morgan fingerprint density at radius 1 is 1.50 bits per heavy atom. The molecule has 2 rings (SSSR count). The maximum absolute atomic E-state index is 11.3. The Morgan fingerprint density at radius 3 is 3.00 bits per heavy atom. The van der Waals surface area contributed by atoms with Crippen molar-refractivity contribution in [2.45, 2.75) is 6.04 Å². The number of hydrogen-bond acceptors (Lipinski definition) is 3. The first kappa shape index (κ1) is 12.6. The maximum atomic E-state index is 11.3. The molecule has 1 aromatic heterocycles. The summed E-state index contributed by atoms with van der Waals surface area (Å²) < 4.78 is 4.91. The SMILES string of the molecule is COCCNC(C(=O)O)c1c[nH]c2ccccc12. The Hall–Kier alpha value is -1.85. The lowest BCUT2D eigenvalue weighted by molar-refractivity contribution is -0.139. The summed E-state index contributed by atoms with van der Waals surface area (Å²) >= 11 is 0. The molecule has 0 radical (unpaired) electrons. The second-order valence-corrected chi connectivity index (χ2v) is 4.01. The number of carboxylic acid groups (broad SMARTS) is 1. The molecule has 1 unspecified atom stereocenters. The van der Waals surface area contributed by atoms with Gasteiger partial charge in [-0.3, -0.25) is 10.1 Å². The lowest BCUT2D eigenvalue weighted by Gasteiger charge is -2.13. The van der Waals surface area contributed by atoms with Crippen LogP contribution in [0.1, 0.15) is 11.6 Å². The number of H-pyrrole nitrogens is 1. The van der Waals surface area contributed by atoms with Crippen molar-refractivity contribution in [3.05, 3.63) is 36.0 Å². The van der Waals surface area contributed by atoms with Crippen LogP contribution >= 0.6 is 0 Å². The summed E-state index contributed by atoms with van der Waals surface area (Å²) in [5.41, 5.74) is 1.68. The predicted molar refractivity (Wildman–Crippen MR) is 68.6 cm³/mol. The van der Waals surface area contributed by atoms with Gasteiger partial charge in [-0.15, -0.1) is 0 Å². The van der Waals surface area contributed by atoms with E-state index in [0.29, 0.717) is 13.2 Å². The molecule has 18 heavy (non-hydrogen) atoms. The number of methoxy groups -OCH3 is 1. The van der Waals surface area contributed by atoms with Crippen molar-refractivity contribution < 1.29 is 14.6 Å². The third-order valence-electron chi connectivity index (χ3n) is 2.83. The van der Waals surface area contributed by atoms with Crippen molar-refractivity contribution in [1.82, 2.24) is 10.3 Å². The number of rotatable bonds is 6. The molecule has 0 amide bonds. The first-order chi connectivity index (χ1) is 8.74. The van der Waals surface area contributed by atoms with Crippen molar-refractivity contribution in [3.8, 4) is 0 Å². The molecule has 0 aliphatic rings. The second kappa shape index (κ2) is 5.66. The van der Waals surface area contributed by atoms with Crippen LogP contribution in [0.3, 0.4) is 0 Å². The third-order valence-corrected chi connectivity index (χ3v) is 2.83. The van der Waals surface area contributed by atoms with E-state index in [2.05, 4.69) is 10.3 Å². The summed E-state index contributed by atoms with van der Waals surface area (Å²) in [4.78, 5) is 14.4. The van der Waals surface area contributed by atoms with E-state index in [4.69, 9.17) is 4.74 Å². The van der Waals surface area contributed by atoms with Crippen molar-refractivity contribution in [1.29, 1.82) is 0 Å². The van der Waals surface area contributed by atoms with E-state index in [9.17, 15) is 9.90 Å². The van der Waals surface area contributed by atoms with Gasteiger partial charge in [-0.25, -0.2) is 0 Å². The van der Waals surface area contributed by atoms with Crippen LogP contribution in [0, 0.1) is 0 Å². The maximum Gasteiger partial charge on any atom is 0.325 e.